The normalized spacial score (nSPS) is 8.44. The first-order valence-corrected chi connectivity index (χ1v) is 19.0. The van der Waals surface area contributed by atoms with Crippen molar-refractivity contribution < 1.29 is 9.47 Å². The Labute approximate surface area is 313 Å². The second-order valence-corrected chi connectivity index (χ2v) is 11.0. The molecule has 0 saturated heterocycles. The molecule has 0 amide bonds. The van der Waals surface area contributed by atoms with E-state index < -0.39 is 0 Å². The van der Waals surface area contributed by atoms with Gasteiger partial charge in [0.1, 0.15) is 0 Å². The van der Waals surface area contributed by atoms with E-state index in [-0.39, 0.29) is 0 Å². The molecule has 2 heterocycles. The number of aromatic nitrogens is 2. The van der Waals surface area contributed by atoms with Gasteiger partial charge in [-0.1, -0.05) is 163 Å². The van der Waals surface area contributed by atoms with E-state index in [1.54, 1.807) is 31.9 Å². The van der Waals surface area contributed by atoms with E-state index >= 15 is 0 Å². The van der Waals surface area contributed by atoms with Gasteiger partial charge in [-0.25, -0.2) is 0 Å². The fourth-order valence-electron chi connectivity index (χ4n) is 2.55. The Morgan fingerprint density at radius 3 is 0.920 bits per heavy atom. The molecule has 0 atom stereocenters. The van der Waals surface area contributed by atoms with E-state index in [0.29, 0.717) is 12.2 Å². The smallest absolute Gasteiger partial charge is 0.0720 e. The van der Waals surface area contributed by atoms with Gasteiger partial charge in [0.15, 0.2) is 0 Å². The molecular weight excluding hydrogens is 613 g/mol. The number of rotatable bonds is 6. The monoisotopic (exact) mass is 695 g/mol. The molecule has 0 aliphatic rings. The van der Waals surface area contributed by atoms with Gasteiger partial charge in [-0.05, 0) is 81.3 Å². The molecule has 0 radical (unpaired) electrons. The molecule has 0 aliphatic carbocycles. The van der Waals surface area contributed by atoms with Crippen molar-refractivity contribution in [3.63, 3.8) is 0 Å². The summed E-state index contributed by atoms with van der Waals surface area (Å²) in [6, 6.07) is 32.3. The molecule has 2 aromatic carbocycles. The highest BCUT2D eigenvalue weighted by molar-refractivity contribution is 5.15. The van der Waals surface area contributed by atoms with E-state index in [1.807, 2.05) is 138 Å². The molecule has 0 aliphatic heterocycles. The lowest BCUT2D eigenvalue weighted by atomic mass is 10.0. The predicted octanol–water partition coefficient (Wildman–Crippen LogP) is 14.5. The molecule has 2 aromatic heterocycles. The Bertz CT molecular complexity index is 908. The molecule has 0 unspecified atom stereocenters. The Hall–Kier alpha value is -3.34. The van der Waals surface area contributed by atoms with E-state index in [1.165, 1.54) is 17.5 Å². The highest BCUT2D eigenvalue weighted by Crippen LogP contribution is 2.06. The first-order chi connectivity index (χ1) is 24.1. The maximum atomic E-state index is 5.43. The molecule has 4 aromatic rings. The number of hydrogen-bond donors (Lipinski definition) is 0. The summed E-state index contributed by atoms with van der Waals surface area (Å²) in [6.07, 6.45) is 8.89. The van der Waals surface area contributed by atoms with Gasteiger partial charge in [0, 0.05) is 31.9 Å². The summed E-state index contributed by atoms with van der Waals surface area (Å²) in [7, 11) is 1.70. The Kier molecular flexibility index (Phi) is 64.8. The molecule has 0 N–H and O–H groups in total. The molecule has 0 saturated carbocycles. The minimum absolute atomic E-state index is 0.315. The van der Waals surface area contributed by atoms with Gasteiger partial charge in [-0.2, -0.15) is 0 Å². The fourth-order valence-corrected chi connectivity index (χ4v) is 2.55. The minimum Gasteiger partial charge on any atom is -0.382 e. The minimum atomic E-state index is 0.315. The summed E-state index contributed by atoms with van der Waals surface area (Å²) in [5.74, 6) is 1.60. The Morgan fingerprint density at radius 1 is 0.440 bits per heavy atom. The quantitative estimate of drug-likeness (QED) is 0.201. The molecule has 288 valence electrons. The molecule has 50 heavy (non-hydrogen) atoms. The standard InChI is InChI=1S/C10H14O.C10H14.2C5H5N.C4H10O.C4H10.4C2H6/c1-9(2)11-8-10-6-4-3-5-7-10;1-9(2)8-10-6-4-3-5-7-10;2*1-2-4-6-5-3-1;1-4(2)5-3;1-4(2)3;4*1-2/h3-7,9H,8H2,1-2H3;3-7,9H,8H2,1-2H3;2*1-5H;4H,1-3H3;4H,1-3H3;4*1-2H3. The summed E-state index contributed by atoms with van der Waals surface area (Å²) in [6.45, 7) is 35.8. The van der Waals surface area contributed by atoms with Gasteiger partial charge in [-0.3, -0.25) is 9.97 Å². The zero-order chi connectivity index (χ0) is 39.8. The van der Waals surface area contributed by atoms with Gasteiger partial charge in [0.2, 0.25) is 0 Å². The van der Waals surface area contributed by atoms with Crippen LogP contribution >= 0.6 is 0 Å². The van der Waals surface area contributed by atoms with E-state index in [0.717, 1.165) is 18.4 Å². The number of methoxy groups -OCH3 is 1. The van der Waals surface area contributed by atoms with Crippen LogP contribution in [0.2, 0.25) is 0 Å². The summed E-state index contributed by atoms with van der Waals surface area (Å²) in [5.41, 5.74) is 2.68. The van der Waals surface area contributed by atoms with Gasteiger partial charge in [-0.15, -0.1) is 0 Å². The predicted molar refractivity (Wildman–Crippen MR) is 228 cm³/mol. The second kappa shape index (κ2) is 55.1. The van der Waals surface area contributed by atoms with Crippen LogP contribution < -0.4 is 0 Å². The summed E-state index contributed by atoms with van der Waals surface area (Å²) < 4.78 is 10.2. The van der Waals surface area contributed by atoms with Crippen LogP contribution in [0, 0.1) is 11.8 Å². The van der Waals surface area contributed by atoms with Crippen LogP contribution in [0.25, 0.3) is 0 Å². The lowest BCUT2D eigenvalue weighted by Crippen LogP contribution is -2.01. The zero-order valence-electron chi connectivity index (χ0n) is 36.0. The van der Waals surface area contributed by atoms with Crippen LogP contribution in [0.5, 0.6) is 0 Å². The SMILES string of the molecule is CC.CC.CC.CC.CC(C)C.CC(C)Cc1ccccc1.CC(C)OCc1ccccc1.COC(C)C.c1ccncc1.c1ccncc1. The topological polar surface area (TPSA) is 44.2 Å². The third kappa shape index (κ3) is 66.9. The van der Waals surface area contributed by atoms with Crippen molar-refractivity contribution >= 4 is 0 Å². The molecule has 0 spiro atoms. The van der Waals surface area contributed by atoms with Crippen molar-refractivity contribution in [3.05, 3.63) is 133 Å². The van der Waals surface area contributed by atoms with Gasteiger partial charge in [0.05, 0.1) is 18.8 Å². The highest BCUT2D eigenvalue weighted by Gasteiger charge is 1.94. The van der Waals surface area contributed by atoms with Crippen LogP contribution in [0.15, 0.2) is 122 Å². The van der Waals surface area contributed by atoms with E-state index in [9.17, 15) is 0 Å². The fraction of sp³-hybridized carbons (Fsp3) is 0.522. The largest absolute Gasteiger partial charge is 0.382 e. The number of benzene rings is 2. The highest BCUT2D eigenvalue weighted by atomic mass is 16.5. The van der Waals surface area contributed by atoms with Crippen molar-refractivity contribution in [3.8, 4) is 0 Å². The molecule has 4 nitrogen and oxygen atoms in total. The lowest BCUT2D eigenvalue weighted by molar-refractivity contribution is 0.0657. The van der Waals surface area contributed by atoms with Crippen LogP contribution in [-0.4, -0.2) is 29.3 Å². The van der Waals surface area contributed by atoms with E-state index in [2.05, 4.69) is 87.1 Å². The maximum absolute atomic E-state index is 5.43. The van der Waals surface area contributed by atoms with Crippen LogP contribution in [0.3, 0.4) is 0 Å². The number of pyridine rings is 2. The van der Waals surface area contributed by atoms with Crippen molar-refractivity contribution in [2.24, 2.45) is 11.8 Å². The summed E-state index contributed by atoms with van der Waals surface area (Å²) >= 11 is 0. The van der Waals surface area contributed by atoms with Crippen LogP contribution in [0.4, 0.5) is 0 Å². The number of hydrogen-bond acceptors (Lipinski definition) is 4. The van der Waals surface area contributed by atoms with Crippen molar-refractivity contribution in [2.75, 3.05) is 7.11 Å². The molecule has 0 bridgehead atoms. The number of nitrogens with zero attached hydrogens (tertiary/aromatic N) is 2. The Balaban J connectivity index is -0.000000115. The zero-order valence-corrected chi connectivity index (χ0v) is 36.0. The first-order valence-electron chi connectivity index (χ1n) is 19.0. The van der Waals surface area contributed by atoms with Crippen molar-refractivity contribution in [1.82, 2.24) is 9.97 Å². The average molecular weight is 695 g/mol. The second-order valence-electron chi connectivity index (χ2n) is 11.0. The number of ether oxygens (including phenoxy) is 2. The third-order valence-electron chi connectivity index (χ3n) is 4.52. The lowest BCUT2D eigenvalue weighted by Gasteiger charge is -2.06. The first kappa shape index (κ1) is 58.8. The maximum Gasteiger partial charge on any atom is 0.0720 e. The van der Waals surface area contributed by atoms with Gasteiger partial charge >= 0.3 is 0 Å². The van der Waals surface area contributed by atoms with E-state index in [4.69, 9.17) is 9.47 Å². The van der Waals surface area contributed by atoms with Gasteiger partial charge in [0.25, 0.3) is 0 Å². The van der Waals surface area contributed by atoms with Crippen molar-refractivity contribution in [1.29, 1.82) is 0 Å². The Morgan fingerprint density at radius 2 is 0.720 bits per heavy atom. The molecule has 0 fully saturated rings. The molecule has 4 heteroatoms. The molecule has 4 rings (SSSR count). The van der Waals surface area contributed by atoms with Gasteiger partial charge < -0.3 is 9.47 Å². The van der Waals surface area contributed by atoms with Crippen LogP contribution in [-0.2, 0) is 22.5 Å². The molecular formula is C46H82N2O2. The van der Waals surface area contributed by atoms with Crippen LogP contribution in [0.1, 0.15) is 129 Å². The summed E-state index contributed by atoms with van der Waals surface area (Å²) in [5, 5.41) is 0. The third-order valence-corrected chi connectivity index (χ3v) is 4.52. The van der Waals surface area contributed by atoms with Crippen molar-refractivity contribution in [2.45, 2.75) is 143 Å². The average Bonchev–Trinajstić information content (AvgIpc) is 3.17. The summed E-state index contributed by atoms with van der Waals surface area (Å²) in [4.78, 5) is 7.57.